The van der Waals surface area contributed by atoms with Gasteiger partial charge in [0.05, 0.1) is 16.8 Å². The molecule has 0 saturated heterocycles. The summed E-state index contributed by atoms with van der Waals surface area (Å²) < 4.78 is 0. The van der Waals surface area contributed by atoms with Gasteiger partial charge >= 0.3 is 0 Å². The molecular formula is C25H22N4O3S2. The lowest BCUT2D eigenvalue weighted by molar-refractivity contribution is -0.120. The summed E-state index contributed by atoms with van der Waals surface area (Å²) in [6.07, 6.45) is 2.28. The van der Waals surface area contributed by atoms with Crippen LogP contribution in [0.1, 0.15) is 32.8 Å². The van der Waals surface area contributed by atoms with E-state index in [0.29, 0.717) is 28.4 Å². The lowest BCUT2D eigenvalue weighted by Crippen LogP contribution is -2.47. The monoisotopic (exact) mass is 490 g/mol. The Morgan fingerprint density at radius 2 is 1.79 bits per heavy atom. The molecule has 4 aromatic rings. The van der Waals surface area contributed by atoms with E-state index < -0.39 is 23.8 Å². The smallest absolute Gasteiger partial charge is 0.262 e. The van der Waals surface area contributed by atoms with Crippen LogP contribution in [0.3, 0.4) is 0 Å². The first kappa shape index (κ1) is 22.4. The summed E-state index contributed by atoms with van der Waals surface area (Å²) >= 11 is 2.87. The van der Waals surface area contributed by atoms with Crippen molar-refractivity contribution in [2.75, 3.05) is 17.3 Å². The topological polar surface area (TPSA) is 95.2 Å². The van der Waals surface area contributed by atoms with Crippen LogP contribution < -0.4 is 5.32 Å². The number of carbonyl (C=O) groups is 3. The predicted molar refractivity (Wildman–Crippen MR) is 137 cm³/mol. The number of hydrogen-bond acceptors (Lipinski definition) is 6. The number of rotatable bonds is 7. The highest BCUT2D eigenvalue weighted by Crippen LogP contribution is 2.34. The second-order valence-corrected chi connectivity index (χ2v) is 9.86. The number of aryl methyl sites for hydroxylation is 1. The van der Waals surface area contributed by atoms with Crippen LogP contribution in [-0.4, -0.2) is 50.6 Å². The molecule has 34 heavy (non-hydrogen) atoms. The Morgan fingerprint density at radius 1 is 1.12 bits per heavy atom. The van der Waals surface area contributed by atoms with Gasteiger partial charge in [-0.2, -0.15) is 11.8 Å². The van der Waals surface area contributed by atoms with E-state index in [1.54, 1.807) is 36.0 Å². The number of nitrogens with zero attached hydrogens (tertiary/aromatic N) is 2. The lowest BCUT2D eigenvalue weighted by Gasteiger charge is -2.24. The number of fused-ring (bicyclic) bond motifs is 2. The average molecular weight is 491 g/mol. The van der Waals surface area contributed by atoms with Crippen LogP contribution in [0.2, 0.25) is 0 Å². The van der Waals surface area contributed by atoms with Gasteiger partial charge in [-0.1, -0.05) is 30.3 Å². The number of amides is 3. The first-order valence-corrected chi connectivity index (χ1v) is 13.1. The quantitative estimate of drug-likeness (QED) is 0.357. The third kappa shape index (κ3) is 3.80. The molecule has 2 aromatic carbocycles. The number of aromatic nitrogens is 2. The lowest BCUT2D eigenvalue weighted by atomic mass is 10.1. The number of thioether (sulfide) groups is 1. The normalized spacial score (nSPS) is 14.0. The van der Waals surface area contributed by atoms with E-state index >= 15 is 0 Å². The van der Waals surface area contributed by atoms with Crippen molar-refractivity contribution < 1.29 is 14.4 Å². The van der Waals surface area contributed by atoms with Crippen LogP contribution in [0.4, 0.5) is 5.13 Å². The Balaban J connectivity index is 1.41. The van der Waals surface area contributed by atoms with Crippen LogP contribution in [0.5, 0.6) is 0 Å². The highest BCUT2D eigenvalue weighted by atomic mass is 32.2. The van der Waals surface area contributed by atoms with Gasteiger partial charge in [-0.3, -0.25) is 19.3 Å². The Kier molecular flexibility index (Phi) is 5.97. The first-order chi connectivity index (χ1) is 16.5. The predicted octanol–water partition coefficient (Wildman–Crippen LogP) is 4.96. The van der Waals surface area contributed by atoms with Crippen LogP contribution in [0.25, 0.3) is 22.2 Å². The molecule has 1 atom stereocenters. The number of hydrogen-bond donors (Lipinski definition) is 2. The number of aromatic amines is 1. The maximum Gasteiger partial charge on any atom is 0.262 e. The molecule has 2 N–H and O–H groups in total. The average Bonchev–Trinajstić information content (AvgIpc) is 3.49. The number of imide groups is 1. The zero-order valence-electron chi connectivity index (χ0n) is 18.6. The van der Waals surface area contributed by atoms with Gasteiger partial charge < -0.3 is 10.3 Å². The van der Waals surface area contributed by atoms with Crippen molar-refractivity contribution in [3.05, 3.63) is 70.7 Å². The van der Waals surface area contributed by atoms with Crippen molar-refractivity contribution in [2.45, 2.75) is 19.4 Å². The number of H-pyrrole nitrogens is 1. The fraction of sp³-hybridized carbons (Fsp3) is 0.200. The molecule has 3 heterocycles. The van der Waals surface area contributed by atoms with Crippen molar-refractivity contribution in [3.63, 3.8) is 0 Å². The van der Waals surface area contributed by atoms with Gasteiger partial charge in [0.25, 0.3) is 11.8 Å². The number of benzene rings is 2. The van der Waals surface area contributed by atoms with Crippen LogP contribution >= 0.6 is 23.1 Å². The minimum absolute atomic E-state index is 0.334. The number of carbonyl (C=O) groups excluding carboxylic acids is 3. The van der Waals surface area contributed by atoms with E-state index in [1.807, 2.05) is 42.8 Å². The van der Waals surface area contributed by atoms with Gasteiger partial charge in [0, 0.05) is 27.5 Å². The summed E-state index contributed by atoms with van der Waals surface area (Å²) in [4.78, 5) is 48.4. The molecule has 9 heteroatoms. The number of para-hydroxylation sites is 1. The minimum atomic E-state index is -0.915. The Morgan fingerprint density at radius 3 is 2.50 bits per heavy atom. The second-order valence-electron chi connectivity index (χ2n) is 8.02. The molecule has 1 unspecified atom stereocenters. The zero-order valence-corrected chi connectivity index (χ0v) is 20.3. The number of thiazole rings is 1. The molecule has 0 spiro atoms. The molecule has 1 aliphatic rings. The molecule has 2 aromatic heterocycles. The van der Waals surface area contributed by atoms with Gasteiger partial charge in [-0.15, -0.1) is 11.3 Å². The molecule has 0 bridgehead atoms. The van der Waals surface area contributed by atoms with Crippen molar-refractivity contribution in [1.82, 2.24) is 14.9 Å². The van der Waals surface area contributed by atoms with Gasteiger partial charge in [-0.25, -0.2) is 4.98 Å². The molecular weight excluding hydrogens is 468 g/mol. The summed E-state index contributed by atoms with van der Waals surface area (Å²) in [5.74, 6) is -0.657. The van der Waals surface area contributed by atoms with E-state index in [-0.39, 0.29) is 0 Å². The van der Waals surface area contributed by atoms with Crippen molar-refractivity contribution in [2.24, 2.45) is 0 Å². The van der Waals surface area contributed by atoms with Crippen molar-refractivity contribution >= 4 is 56.9 Å². The molecule has 0 fully saturated rings. The summed E-state index contributed by atoms with van der Waals surface area (Å²) in [6, 6.07) is 13.8. The summed E-state index contributed by atoms with van der Waals surface area (Å²) in [5.41, 5.74) is 4.44. The highest BCUT2D eigenvalue weighted by Gasteiger charge is 2.42. The Hall–Kier alpha value is -3.43. The van der Waals surface area contributed by atoms with Gasteiger partial charge in [-0.05, 0) is 43.6 Å². The van der Waals surface area contributed by atoms with Gasteiger partial charge in [0.2, 0.25) is 5.91 Å². The molecule has 0 saturated carbocycles. The van der Waals surface area contributed by atoms with Crippen LogP contribution in [0.15, 0.2) is 53.9 Å². The van der Waals surface area contributed by atoms with Crippen molar-refractivity contribution in [3.8, 4) is 11.3 Å². The van der Waals surface area contributed by atoms with E-state index in [4.69, 9.17) is 0 Å². The van der Waals surface area contributed by atoms with Crippen LogP contribution in [0, 0.1) is 6.92 Å². The van der Waals surface area contributed by atoms with Gasteiger partial charge in [0.15, 0.2) is 5.13 Å². The Labute approximate surface area is 204 Å². The standard InChI is InChI=1S/C25H22N4O3S2/c1-14-21(17-9-5-6-10-18(17)26-14)19-13-34-25(27-19)28-22(30)20(11-12-33-2)29-23(31)15-7-3-4-8-16(15)24(29)32/h3-10,13,20,26H,11-12H2,1-2H3,(H,27,28,30). The highest BCUT2D eigenvalue weighted by molar-refractivity contribution is 7.98. The number of nitrogens with one attached hydrogen (secondary N) is 2. The molecule has 5 rings (SSSR count). The number of anilines is 1. The Bertz CT molecular complexity index is 1390. The largest absolute Gasteiger partial charge is 0.358 e. The van der Waals surface area contributed by atoms with E-state index in [0.717, 1.165) is 32.8 Å². The molecule has 0 radical (unpaired) electrons. The van der Waals surface area contributed by atoms with Gasteiger partial charge in [0.1, 0.15) is 6.04 Å². The fourth-order valence-corrected chi connectivity index (χ4v) is 5.50. The third-order valence-corrected chi connectivity index (χ3v) is 7.32. The summed E-state index contributed by atoms with van der Waals surface area (Å²) in [7, 11) is 0. The first-order valence-electron chi connectivity index (χ1n) is 10.8. The molecule has 7 nitrogen and oxygen atoms in total. The molecule has 0 aliphatic carbocycles. The summed E-state index contributed by atoms with van der Waals surface area (Å²) in [5, 5.41) is 6.24. The van der Waals surface area contributed by atoms with E-state index in [1.165, 1.54) is 11.3 Å². The maximum atomic E-state index is 13.3. The van der Waals surface area contributed by atoms with E-state index in [9.17, 15) is 14.4 Å². The van der Waals surface area contributed by atoms with E-state index in [2.05, 4.69) is 15.3 Å². The van der Waals surface area contributed by atoms with Crippen molar-refractivity contribution in [1.29, 1.82) is 0 Å². The molecule has 1 aliphatic heterocycles. The minimum Gasteiger partial charge on any atom is -0.358 e. The summed E-state index contributed by atoms with van der Waals surface area (Å²) in [6.45, 7) is 1.99. The zero-order chi connectivity index (χ0) is 23.8. The molecule has 172 valence electrons. The molecule has 3 amide bonds. The third-order valence-electron chi connectivity index (χ3n) is 5.92. The second kappa shape index (κ2) is 9.08. The fourth-order valence-electron chi connectivity index (χ4n) is 4.34. The SMILES string of the molecule is CSCCC(C(=O)Nc1nc(-c2c(C)[nH]c3ccccc23)cs1)N1C(=O)c2ccccc2C1=O. The van der Waals surface area contributed by atoms with Crippen LogP contribution in [-0.2, 0) is 4.79 Å². The maximum absolute atomic E-state index is 13.3.